The Kier molecular flexibility index (Phi) is 2.75. The van der Waals surface area contributed by atoms with E-state index in [1.807, 2.05) is 0 Å². The molecule has 0 aromatic carbocycles. The van der Waals surface area contributed by atoms with Gasteiger partial charge in [-0.05, 0) is 25.1 Å². The van der Waals surface area contributed by atoms with Crippen molar-refractivity contribution < 1.29 is 14.6 Å². The van der Waals surface area contributed by atoms with Crippen LogP contribution in [0.15, 0.2) is 38.5 Å². The lowest BCUT2D eigenvalue weighted by Gasteiger charge is -2.43. The number of aliphatic hydroxyl groups is 1. The molecule has 1 aliphatic carbocycles. The number of hydrogen-bond donors (Lipinski definition) is 2. The van der Waals surface area contributed by atoms with Crippen LogP contribution in [-0.2, 0) is 9.53 Å². The Morgan fingerprint density at radius 1 is 1.55 bits per heavy atom. The predicted octanol–water partition coefficient (Wildman–Crippen LogP) is 1.02. The summed E-state index contributed by atoms with van der Waals surface area (Å²) in [6.07, 6.45) is 1.40. The number of carbonyl (C=O) groups is 1. The molecule has 0 bridgehead atoms. The fourth-order valence-electron chi connectivity index (χ4n) is 2.64. The van der Waals surface area contributed by atoms with E-state index in [1.165, 1.54) is 6.92 Å². The Hall–Kier alpha value is -2.02. The minimum Gasteiger partial charge on any atom is -0.489 e. The largest absolute Gasteiger partial charge is 0.489 e. The second-order valence-electron chi connectivity index (χ2n) is 5.65. The van der Waals surface area contributed by atoms with Crippen LogP contribution in [0, 0.1) is 0 Å². The van der Waals surface area contributed by atoms with Gasteiger partial charge in [-0.3, -0.25) is 4.79 Å². The van der Waals surface area contributed by atoms with Gasteiger partial charge in [0, 0.05) is 12.5 Å². The van der Waals surface area contributed by atoms with E-state index in [0.29, 0.717) is 17.9 Å². The lowest BCUT2D eigenvalue weighted by molar-refractivity contribution is -0.125. The molecular weight excluding hydrogens is 260 g/mol. The van der Waals surface area contributed by atoms with Crippen LogP contribution in [-0.4, -0.2) is 34.5 Å². The highest BCUT2D eigenvalue weighted by molar-refractivity contribution is 6.03. The van der Waals surface area contributed by atoms with Crippen molar-refractivity contribution in [3.63, 3.8) is 0 Å². The van der Waals surface area contributed by atoms with Gasteiger partial charge in [-0.25, -0.2) is 0 Å². The summed E-state index contributed by atoms with van der Waals surface area (Å²) in [5, 5.41) is 24.7. The number of nitrogens with zero attached hydrogens (tertiary/aromatic N) is 3. The first-order valence-corrected chi connectivity index (χ1v) is 6.45. The van der Waals surface area contributed by atoms with Gasteiger partial charge in [-0.15, -0.1) is 10.2 Å². The van der Waals surface area contributed by atoms with Crippen molar-refractivity contribution in [1.82, 2.24) is 5.32 Å². The zero-order chi connectivity index (χ0) is 14.5. The Morgan fingerprint density at radius 3 is 3.00 bits per heavy atom. The van der Waals surface area contributed by atoms with Crippen LogP contribution in [0.25, 0.3) is 0 Å². The SMILES string of the molecule is CC(=O)NC1C2=C(CC3=NN=NC3=C2)OC(C)(C)C1O. The highest BCUT2D eigenvalue weighted by atomic mass is 16.5. The van der Waals surface area contributed by atoms with E-state index in [1.54, 1.807) is 19.9 Å². The summed E-state index contributed by atoms with van der Waals surface area (Å²) in [7, 11) is 0. The van der Waals surface area contributed by atoms with E-state index in [9.17, 15) is 9.90 Å². The second-order valence-corrected chi connectivity index (χ2v) is 5.65. The zero-order valence-corrected chi connectivity index (χ0v) is 11.5. The molecule has 0 spiro atoms. The maximum atomic E-state index is 11.4. The Labute approximate surface area is 116 Å². The quantitative estimate of drug-likeness (QED) is 0.748. The molecular formula is C13H16N4O3. The van der Waals surface area contributed by atoms with Crippen molar-refractivity contribution in [2.24, 2.45) is 15.4 Å². The number of carbonyl (C=O) groups excluding carboxylic acids is 1. The molecule has 20 heavy (non-hydrogen) atoms. The average Bonchev–Trinajstić information content (AvgIpc) is 2.79. The maximum absolute atomic E-state index is 11.4. The molecule has 3 aliphatic rings. The van der Waals surface area contributed by atoms with Crippen LogP contribution < -0.4 is 5.32 Å². The van der Waals surface area contributed by atoms with E-state index in [4.69, 9.17) is 4.74 Å². The Balaban J connectivity index is 2.04. The van der Waals surface area contributed by atoms with E-state index >= 15 is 0 Å². The number of nitrogens with one attached hydrogen (secondary N) is 1. The van der Waals surface area contributed by atoms with Gasteiger partial charge in [0.1, 0.15) is 23.2 Å². The van der Waals surface area contributed by atoms with Crippen molar-refractivity contribution in [2.75, 3.05) is 0 Å². The number of hydrogen-bond acceptors (Lipinski definition) is 6. The number of allylic oxidation sites excluding steroid dienone is 2. The van der Waals surface area contributed by atoms with Gasteiger partial charge >= 0.3 is 0 Å². The Morgan fingerprint density at radius 2 is 2.30 bits per heavy atom. The maximum Gasteiger partial charge on any atom is 0.217 e. The molecule has 1 amide bonds. The van der Waals surface area contributed by atoms with Crippen molar-refractivity contribution >= 4 is 11.6 Å². The fraction of sp³-hybridized carbons (Fsp3) is 0.538. The van der Waals surface area contributed by atoms with Gasteiger partial charge in [0.2, 0.25) is 5.91 Å². The van der Waals surface area contributed by atoms with Gasteiger partial charge in [0.05, 0.1) is 18.2 Å². The molecule has 0 aromatic rings. The lowest BCUT2D eigenvalue weighted by Crippen LogP contribution is -2.57. The van der Waals surface area contributed by atoms with E-state index in [2.05, 4.69) is 20.8 Å². The molecule has 2 unspecified atom stereocenters. The summed E-state index contributed by atoms with van der Waals surface area (Å²) in [5.74, 6) is 0.498. The molecule has 0 radical (unpaired) electrons. The standard InChI is InChI=1S/C13H16N4O3/c1-6(18)14-11-7-4-8-9(16-17-15-8)5-10(7)20-13(2,3)12(11)19/h4,11-12,19H,5H2,1-3H3,(H,14,18). The zero-order valence-electron chi connectivity index (χ0n) is 11.5. The van der Waals surface area contributed by atoms with Gasteiger partial charge < -0.3 is 15.2 Å². The first-order valence-electron chi connectivity index (χ1n) is 6.45. The van der Waals surface area contributed by atoms with Crippen LogP contribution in [0.5, 0.6) is 0 Å². The smallest absolute Gasteiger partial charge is 0.217 e. The molecule has 106 valence electrons. The summed E-state index contributed by atoms with van der Waals surface area (Å²) in [4.78, 5) is 11.4. The van der Waals surface area contributed by atoms with Crippen LogP contribution in [0.4, 0.5) is 0 Å². The minimum absolute atomic E-state index is 0.204. The molecule has 0 aromatic heterocycles. The van der Waals surface area contributed by atoms with Crippen LogP contribution in [0.2, 0.25) is 0 Å². The molecule has 0 saturated carbocycles. The van der Waals surface area contributed by atoms with Crippen LogP contribution >= 0.6 is 0 Å². The third-order valence-electron chi connectivity index (χ3n) is 3.66. The monoisotopic (exact) mass is 276 g/mol. The van der Waals surface area contributed by atoms with Gasteiger partial charge in [-0.1, -0.05) is 0 Å². The highest BCUT2D eigenvalue weighted by Crippen LogP contribution is 2.38. The molecule has 3 rings (SSSR count). The molecule has 7 heteroatoms. The number of fused-ring (bicyclic) bond motifs is 1. The minimum atomic E-state index is -0.848. The van der Waals surface area contributed by atoms with E-state index in [-0.39, 0.29) is 5.91 Å². The molecule has 2 heterocycles. The summed E-state index contributed by atoms with van der Waals surface area (Å²) in [6, 6.07) is -0.518. The predicted molar refractivity (Wildman–Crippen MR) is 70.8 cm³/mol. The molecule has 7 nitrogen and oxygen atoms in total. The number of ether oxygens (including phenoxy) is 1. The molecule has 2 aliphatic heterocycles. The number of aliphatic hydroxyl groups excluding tert-OH is 1. The van der Waals surface area contributed by atoms with Crippen molar-refractivity contribution in [3.05, 3.63) is 23.1 Å². The summed E-state index contributed by atoms with van der Waals surface area (Å²) < 4.78 is 5.88. The normalized spacial score (nSPS) is 30.0. The first-order chi connectivity index (χ1) is 9.38. The van der Waals surface area contributed by atoms with Crippen molar-refractivity contribution in [1.29, 1.82) is 0 Å². The van der Waals surface area contributed by atoms with Crippen LogP contribution in [0.1, 0.15) is 27.2 Å². The van der Waals surface area contributed by atoms with E-state index in [0.717, 1.165) is 11.3 Å². The molecule has 2 atom stereocenters. The first kappa shape index (κ1) is 13.0. The topological polar surface area (TPSA) is 95.6 Å². The fourth-order valence-corrected chi connectivity index (χ4v) is 2.64. The second kappa shape index (κ2) is 4.24. The van der Waals surface area contributed by atoms with Gasteiger partial charge in [-0.2, -0.15) is 0 Å². The summed E-state index contributed by atoms with van der Waals surface area (Å²) in [5.41, 5.74) is 1.36. The van der Waals surface area contributed by atoms with E-state index < -0.39 is 17.7 Å². The third kappa shape index (κ3) is 1.94. The van der Waals surface area contributed by atoms with Crippen LogP contribution in [0.3, 0.4) is 0 Å². The molecule has 0 fully saturated rings. The number of rotatable bonds is 1. The van der Waals surface area contributed by atoms with Gasteiger partial charge in [0.15, 0.2) is 0 Å². The summed E-state index contributed by atoms with van der Waals surface area (Å²) in [6.45, 7) is 5.01. The molecule has 2 N–H and O–H groups in total. The third-order valence-corrected chi connectivity index (χ3v) is 3.66. The van der Waals surface area contributed by atoms with Gasteiger partial charge in [0.25, 0.3) is 0 Å². The lowest BCUT2D eigenvalue weighted by atomic mass is 9.83. The highest BCUT2D eigenvalue weighted by Gasteiger charge is 2.45. The molecule has 0 saturated heterocycles. The Bertz CT molecular complexity index is 601. The van der Waals surface area contributed by atoms with Crippen molar-refractivity contribution in [2.45, 2.75) is 44.9 Å². The van der Waals surface area contributed by atoms with Crippen molar-refractivity contribution in [3.8, 4) is 0 Å². The average molecular weight is 276 g/mol. The number of amides is 1. The summed E-state index contributed by atoms with van der Waals surface area (Å²) >= 11 is 0.